The molecule has 2 N–H and O–H groups in total. The number of hydrogen-bond acceptors (Lipinski definition) is 2. The minimum atomic E-state index is -0.659. The third kappa shape index (κ3) is 4.68. The number of thiocarbonyl (C=S) groups is 1. The van der Waals surface area contributed by atoms with Crippen LogP contribution in [0.1, 0.15) is 5.56 Å². The van der Waals surface area contributed by atoms with Crippen LogP contribution in [0.2, 0.25) is 0 Å². The number of nitrogens with one attached hydrogen (secondary N) is 2. The lowest BCUT2D eigenvalue weighted by atomic mass is 10.2. The number of methoxy groups -OCH3 is 1. The van der Waals surface area contributed by atoms with Crippen LogP contribution in [0.15, 0.2) is 42.5 Å². The molecule has 0 radical (unpaired) electrons. The fraction of sp³-hybridized carbons (Fsp3) is 0.133. The van der Waals surface area contributed by atoms with Crippen LogP contribution in [0, 0.1) is 11.6 Å². The van der Waals surface area contributed by atoms with Gasteiger partial charge in [0, 0.05) is 18.3 Å². The Morgan fingerprint density at radius 2 is 1.86 bits per heavy atom. The van der Waals surface area contributed by atoms with Gasteiger partial charge in [0.15, 0.2) is 5.11 Å². The first-order valence-corrected chi connectivity index (χ1v) is 6.61. The molecular weight excluding hydrogens is 294 g/mol. The highest BCUT2D eigenvalue weighted by Gasteiger charge is 2.03. The summed E-state index contributed by atoms with van der Waals surface area (Å²) in [5.41, 5.74) is 1.24. The summed E-state index contributed by atoms with van der Waals surface area (Å²) >= 11 is 5.08. The molecule has 2 rings (SSSR count). The molecule has 0 heterocycles. The number of ether oxygens (including phenoxy) is 1. The van der Waals surface area contributed by atoms with Gasteiger partial charge in [-0.1, -0.05) is 12.1 Å². The average molecular weight is 308 g/mol. The van der Waals surface area contributed by atoms with Crippen LogP contribution in [0.25, 0.3) is 0 Å². The Morgan fingerprint density at radius 3 is 2.52 bits per heavy atom. The fourth-order valence-corrected chi connectivity index (χ4v) is 1.96. The second kappa shape index (κ2) is 6.99. The molecule has 3 nitrogen and oxygen atoms in total. The van der Waals surface area contributed by atoms with Gasteiger partial charge in [-0.15, -0.1) is 0 Å². The normalized spacial score (nSPS) is 10.0. The quantitative estimate of drug-likeness (QED) is 0.848. The van der Waals surface area contributed by atoms with E-state index in [1.807, 2.05) is 24.3 Å². The highest BCUT2D eigenvalue weighted by Crippen LogP contribution is 2.14. The van der Waals surface area contributed by atoms with Crippen LogP contribution in [-0.2, 0) is 6.54 Å². The molecule has 0 bridgehead atoms. The Bertz CT molecular complexity index is 629. The van der Waals surface area contributed by atoms with Crippen molar-refractivity contribution in [2.75, 3.05) is 12.4 Å². The smallest absolute Gasteiger partial charge is 0.171 e. The summed E-state index contributed by atoms with van der Waals surface area (Å²) in [4.78, 5) is 0. The van der Waals surface area contributed by atoms with Crippen molar-refractivity contribution in [1.82, 2.24) is 5.32 Å². The summed E-state index contributed by atoms with van der Waals surface area (Å²) in [5.74, 6) is -0.568. The van der Waals surface area contributed by atoms with E-state index in [0.717, 1.165) is 17.4 Å². The molecule has 0 atom stereocenters. The first-order valence-electron chi connectivity index (χ1n) is 6.20. The summed E-state index contributed by atoms with van der Waals surface area (Å²) < 4.78 is 31.2. The number of hydrogen-bond donors (Lipinski definition) is 2. The van der Waals surface area contributed by atoms with E-state index in [1.54, 1.807) is 7.11 Å². The molecule has 0 aliphatic rings. The Kier molecular flexibility index (Phi) is 5.05. The molecule has 0 amide bonds. The fourth-order valence-electron chi connectivity index (χ4n) is 1.77. The second-order valence-electron chi connectivity index (χ2n) is 4.32. The summed E-state index contributed by atoms with van der Waals surface area (Å²) in [6.07, 6.45) is 0. The number of benzene rings is 2. The summed E-state index contributed by atoms with van der Waals surface area (Å²) in [5, 5.41) is 5.97. The lowest BCUT2D eigenvalue weighted by Crippen LogP contribution is -2.27. The molecule has 6 heteroatoms. The average Bonchev–Trinajstić information content (AvgIpc) is 2.44. The lowest BCUT2D eigenvalue weighted by Gasteiger charge is -2.11. The molecule has 0 fully saturated rings. The van der Waals surface area contributed by atoms with Crippen molar-refractivity contribution in [2.24, 2.45) is 0 Å². The van der Waals surface area contributed by atoms with Crippen molar-refractivity contribution in [3.8, 4) is 5.75 Å². The third-order valence-electron chi connectivity index (χ3n) is 2.71. The van der Waals surface area contributed by atoms with Crippen LogP contribution in [0.5, 0.6) is 5.75 Å². The molecule has 110 valence electrons. The first-order chi connectivity index (χ1) is 10.1. The Hall–Kier alpha value is -2.21. The van der Waals surface area contributed by atoms with Gasteiger partial charge in [0.25, 0.3) is 0 Å². The molecule has 0 spiro atoms. The van der Waals surface area contributed by atoms with E-state index in [1.165, 1.54) is 12.1 Å². The van der Waals surface area contributed by atoms with Gasteiger partial charge in [-0.3, -0.25) is 0 Å². The zero-order valence-corrected chi connectivity index (χ0v) is 12.1. The molecule has 0 aliphatic heterocycles. The van der Waals surface area contributed by atoms with Crippen LogP contribution >= 0.6 is 12.2 Å². The first kappa shape index (κ1) is 15.2. The molecule has 0 unspecified atom stereocenters. The van der Waals surface area contributed by atoms with Gasteiger partial charge in [0.1, 0.15) is 17.4 Å². The van der Waals surface area contributed by atoms with Gasteiger partial charge in [-0.05, 0) is 42.0 Å². The lowest BCUT2D eigenvalue weighted by molar-refractivity contribution is 0.414. The molecule has 2 aromatic carbocycles. The van der Waals surface area contributed by atoms with E-state index < -0.39 is 11.6 Å². The molecule has 0 saturated carbocycles. The minimum absolute atomic E-state index is 0.260. The van der Waals surface area contributed by atoms with Crippen molar-refractivity contribution in [1.29, 1.82) is 0 Å². The topological polar surface area (TPSA) is 33.3 Å². The summed E-state index contributed by atoms with van der Waals surface area (Å²) in [6, 6.07) is 10.6. The summed E-state index contributed by atoms with van der Waals surface area (Å²) in [7, 11) is 1.59. The van der Waals surface area contributed by atoms with E-state index in [9.17, 15) is 8.78 Å². The maximum Gasteiger partial charge on any atom is 0.171 e. The van der Waals surface area contributed by atoms with Gasteiger partial charge in [-0.25, -0.2) is 8.78 Å². The van der Waals surface area contributed by atoms with Gasteiger partial charge in [-0.2, -0.15) is 0 Å². The molecule has 0 aromatic heterocycles. The monoisotopic (exact) mass is 308 g/mol. The highest BCUT2D eigenvalue weighted by atomic mass is 32.1. The Morgan fingerprint density at radius 1 is 1.14 bits per heavy atom. The van der Waals surface area contributed by atoms with Crippen molar-refractivity contribution >= 4 is 23.0 Å². The number of halogens is 2. The van der Waals surface area contributed by atoms with E-state index in [0.29, 0.717) is 6.54 Å². The van der Waals surface area contributed by atoms with Crippen molar-refractivity contribution in [3.63, 3.8) is 0 Å². The van der Waals surface area contributed by atoms with Gasteiger partial charge < -0.3 is 15.4 Å². The highest BCUT2D eigenvalue weighted by molar-refractivity contribution is 7.80. The van der Waals surface area contributed by atoms with Crippen molar-refractivity contribution in [3.05, 3.63) is 59.7 Å². The maximum absolute atomic E-state index is 13.1. The number of rotatable bonds is 4. The van der Waals surface area contributed by atoms with E-state index in [2.05, 4.69) is 10.6 Å². The van der Waals surface area contributed by atoms with Gasteiger partial charge >= 0.3 is 0 Å². The van der Waals surface area contributed by atoms with Gasteiger partial charge in [0.05, 0.1) is 7.11 Å². The van der Waals surface area contributed by atoms with Crippen LogP contribution in [-0.4, -0.2) is 12.2 Å². The molecular formula is C15H14F2N2OS. The van der Waals surface area contributed by atoms with Gasteiger partial charge in [0.2, 0.25) is 0 Å². The molecule has 21 heavy (non-hydrogen) atoms. The Labute approximate surface area is 126 Å². The SMILES string of the molecule is COc1cccc(CNC(=S)Nc2cc(F)cc(F)c2)c1. The van der Waals surface area contributed by atoms with Crippen LogP contribution in [0.4, 0.5) is 14.5 Å². The molecule has 2 aromatic rings. The Balaban J connectivity index is 1.92. The second-order valence-corrected chi connectivity index (χ2v) is 4.73. The van der Waals surface area contributed by atoms with E-state index in [4.69, 9.17) is 17.0 Å². The number of anilines is 1. The van der Waals surface area contributed by atoms with Crippen molar-refractivity contribution < 1.29 is 13.5 Å². The van der Waals surface area contributed by atoms with Crippen LogP contribution in [0.3, 0.4) is 0 Å². The predicted octanol–water partition coefficient (Wildman–Crippen LogP) is 3.46. The van der Waals surface area contributed by atoms with E-state index >= 15 is 0 Å². The predicted molar refractivity (Wildman–Crippen MR) is 82.4 cm³/mol. The zero-order chi connectivity index (χ0) is 15.2. The molecule has 0 aliphatic carbocycles. The largest absolute Gasteiger partial charge is 0.497 e. The molecule has 0 saturated heterocycles. The zero-order valence-electron chi connectivity index (χ0n) is 11.3. The standard InChI is InChI=1S/C15H14F2N2OS/c1-20-14-4-2-3-10(5-14)9-18-15(21)19-13-7-11(16)6-12(17)8-13/h2-8H,9H2,1H3,(H2,18,19,21). The maximum atomic E-state index is 13.1. The van der Waals surface area contributed by atoms with Crippen LogP contribution < -0.4 is 15.4 Å². The van der Waals surface area contributed by atoms with Crippen molar-refractivity contribution in [2.45, 2.75) is 6.54 Å². The van der Waals surface area contributed by atoms with E-state index in [-0.39, 0.29) is 10.8 Å². The minimum Gasteiger partial charge on any atom is -0.497 e. The summed E-state index contributed by atoms with van der Waals surface area (Å²) in [6.45, 7) is 0.473. The third-order valence-corrected chi connectivity index (χ3v) is 2.95.